The van der Waals surface area contributed by atoms with E-state index < -0.39 is 0 Å². The molecule has 0 spiro atoms. The van der Waals surface area contributed by atoms with Crippen molar-refractivity contribution in [2.75, 3.05) is 31.1 Å². The van der Waals surface area contributed by atoms with E-state index >= 15 is 0 Å². The molecule has 1 saturated heterocycles. The van der Waals surface area contributed by atoms with Gasteiger partial charge in [-0.15, -0.1) is 0 Å². The number of carbonyl (C=O) groups is 1. The van der Waals surface area contributed by atoms with Gasteiger partial charge in [-0.05, 0) is 29.8 Å². The zero-order chi connectivity index (χ0) is 19.1. The summed E-state index contributed by atoms with van der Waals surface area (Å²) in [6.07, 6.45) is 2.35. The minimum absolute atomic E-state index is 0.162. The first-order chi connectivity index (χ1) is 13.7. The first kappa shape index (κ1) is 16.7. The Hall–Kier alpha value is -3.48. The van der Waals surface area contributed by atoms with Gasteiger partial charge in [0.2, 0.25) is 5.91 Å². The number of rotatable bonds is 3. The maximum atomic E-state index is 12.8. The molecular formula is C21H21N5O2. The Morgan fingerprint density at radius 2 is 1.71 bits per heavy atom. The number of aromatic nitrogens is 3. The number of nitrogens with one attached hydrogen (secondary N) is 3. The molecular weight excluding hydrogens is 354 g/mol. The van der Waals surface area contributed by atoms with Crippen molar-refractivity contribution in [2.24, 2.45) is 0 Å². The van der Waals surface area contributed by atoms with E-state index in [-0.39, 0.29) is 11.6 Å². The van der Waals surface area contributed by atoms with Crippen LogP contribution in [0.5, 0.6) is 0 Å². The quantitative estimate of drug-likeness (QED) is 0.513. The Labute approximate surface area is 161 Å². The summed E-state index contributed by atoms with van der Waals surface area (Å²) in [4.78, 5) is 37.2. The highest BCUT2D eigenvalue weighted by Crippen LogP contribution is 2.22. The number of hydrogen-bond acceptors (Lipinski definition) is 3. The molecule has 3 heterocycles. The molecule has 0 unspecified atom stereocenters. The highest BCUT2D eigenvalue weighted by atomic mass is 16.2. The van der Waals surface area contributed by atoms with E-state index in [1.807, 2.05) is 53.6 Å². The van der Waals surface area contributed by atoms with E-state index in [0.717, 1.165) is 46.3 Å². The molecule has 142 valence electrons. The number of benzene rings is 2. The second-order valence-electron chi connectivity index (χ2n) is 7.21. The van der Waals surface area contributed by atoms with E-state index in [0.29, 0.717) is 19.5 Å². The fraction of sp³-hybridized carbons (Fsp3) is 0.238. The van der Waals surface area contributed by atoms with Gasteiger partial charge in [0.1, 0.15) is 0 Å². The van der Waals surface area contributed by atoms with Gasteiger partial charge >= 0.3 is 5.69 Å². The molecule has 28 heavy (non-hydrogen) atoms. The van der Waals surface area contributed by atoms with Crippen LogP contribution in [0.25, 0.3) is 21.9 Å². The fourth-order valence-electron chi connectivity index (χ4n) is 3.98. The van der Waals surface area contributed by atoms with Crippen LogP contribution >= 0.6 is 0 Å². The molecule has 2 aromatic heterocycles. The molecule has 0 saturated carbocycles. The van der Waals surface area contributed by atoms with Gasteiger partial charge < -0.3 is 24.8 Å². The van der Waals surface area contributed by atoms with Crippen LogP contribution in [0.15, 0.2) is 53.5 Å². The maximum absolute atomic E-state index is 12.8. The Morgan fingerprint density at radius 3 is 2.57 bits per heavy atom. The summed E-state index contributed by atoms with van der Waals surface area (Å²) in [7, 11) is 0. The zero-order valence-electron chi connectivity index (χ0n) is 15.4. The number of carbonyl (C=O) groups excluding carboxylic acids is 1. The van der Waals surface area contributed by atoms with Gasteiger partial charge in [-0.2, -0.15) is 0 Å². The van der Waals surface area contributed by atoms with Gasteiger partial charge in [0, 0.05) is 49.0 Å². The Morgan fingerprint density at radius 1 is 0.929 bits per heavy atom. The number of aromatic amines is 3. The predicted molar refractivity (Wildman–Crippen MR) is 110 cm³/mol. The number of hydrogen-bond donors (Lipinski definition) is 3. The lowest BCUT2D eigenvalue weighted by molar-refractivity contribution is -0.130. The average molecular weight is 375 g/mol. The molecule has 2 aromatic carbocycles. The summed E-state index contributed by atoms with van der Waals surface area (Å²) in [5.74, 6) is 0.162. The van der Waals surface area contributed by atoms with E-state index in [1.165, 1.54) is 0 Å². The normalized spacial score (nSPS) is 14.9. The minimum Gasteiger partial charge on any atom is -0.368 e. The minimum atomic E-state index is -0.195. The van der Waals surface area contributed by atoms with E-state index in [9.17, 15) is 9.59 Å². The van der Waals surface area contributed by atoms with Gasteiger partial charge in [0.05, 0.1) is 17.5 Å². The largest absolute Gasteiger partial charge is 0.368 e. The first-order valence-electron chi connectivity index (χ1n) is 9.47. The van der Waals surface area contributed by atoms with Crippen molar-refractivity contribution >= 4 is 33.5 Å². The van der Waals surface area contributed by atoms with E-state index in [1.54, 1.807) is 0 Å². The van der Waals surface area contributed by atoms with Crippen molar-refractivity contribution in [3.05, 3.63) is 64.7 Å². The average Bonchev–Trinajstić information content (AvgIpc) is 3.30. The standard InChI is InChI=1S/C21H21N5O2/c27-20(11-14-13-22-17-4-2-1-3-16(14)17)26-9-7-25(8-10-26)15-5-6-18-19(12-15)24-21(28)23-18/h1-6,12-13,22H,7-11H2,(H2,23,24,28). The molecule has 1 aliphatic rings. The third-order valence-electron chi connectivity index (χ3n) is 5.51. The molecule has 4 aromatic rings. The number of imidazole rings is 1. The van der Waals surface area contributed by atoms with Gasteiger partial charge in [-0.3, -0.25) is 4.79 Å². The smallest absolute Gasteiger partial charge is 0.323 e. The summed E-state index contributed by atoms with van der Waals surface area (Å²) in [5.41, 5.74) is 4.59. The summed E-state index contributed by atoms with van der Waals surface area (Å²) in [6, 6.07) is 14.0. The van der Waals surface area contributed by atoms with E-state index in [2.05, 4.69) is 19.9 Å². The SMILES string of the molecule is O=C(Cc1c[nH]c2ccccc12)N1CCN(c2ccc3[nH]c(=O)[nH]c3c2)CC1. The van der Waals surface area contributed by atoms with Crippen molar-refractivity contribution in [1.82, 2.24) is 19.9 Å². The number of nitrogens with zero attached hydrogens (tertiary/aromatic N) is 2. The van der Waals surface area contributed by atoms with Crippen LogP contribution in [0, 0.1) is 0 Å². The lowest BCUT2D eigenvalue weighted by Gasteiger charge is -2.36. The van der Waals surface area contributed by atoms with Gasteiger partial charge in [-0.25, -0.2) is 4.79 Å². The number of amides is 1. The van der Waals surface area contributed by atoms with Gasteiger partial charge in [0.15, 0.2) is 0 Å². The van der Waals surface area contributed by atoms with Crippen molar-refractivity contribution in [3.8, 4) is 0 Å². The number of para-hydroxylation sites is 1. The van der Waals surface area contributed by atoms with Crippen LogP contribution in [0.3, 0.4) is 0 Å². The van der Waals surface area contributed by atoms with Gasteiger partial charge in [-0.1, -0.05) is 18.2 Å². The van der Waals surface area contributed by atoms with Crippen molar-refractivity contribution in [1.29, 1.82) is 0 Å². The summed E-state index contributed by atoms with van der Waals surface area (Å²) < 4.78 is 0. The van der Waals surface area contributed by atoms with Crippen LogP contribution in [0.4, 0.5) is 5.69 Å². The van der Waals surface area contributed by atoms with Crippen molar-refractivity contribution in [3.63, 3.8) is 0 Å². The molecule has 0 radical (unpaired) electrons. The molecule has 0 aliphatic carbocycles. The number of anilines is 1. The molecule has 5 rings (SSSR count). The molecule has 0 bridgehead atoms. The summed E-state index contributed by atoms with van der Waals surface area (Å²) >= 11 is 0. The fourth-order valence-corrected chi connectivity index (χ4v) is 3.98. The molecule has 1 fully saturated rings. The summed E-state index contributed by atoms with van der Waals surface area (Å²) in [5, 5.41) is 1.11. The highest BCUT2D eigenvalue weighted by molar-refractivity contribution is 5.89. The van der Waals surface area contributed by atoms with Crippen LogP contribution in [-0.4, -0.2) is 51.9 Å². The van der Waals surface area contributed by atoms with Crippen LogP contribution in [0.2, 0.25) is 0 Å². The number of fused-ring (bicyclic) bond motifs is 2. The molecule has 1 amide bonds. The second kappa shape index (κ2) is 6.60. The first-order valence-corrected chi connectivity index (χ1v) is 9.47. The van der Waals surface area contributed by atoms with Crippen molar-refractivity contribution in [2.45, 2.75) is 6.42 Å². The molecule has 1 aliphatic heterocycles. The molecule has 7 nitrogen and oxygen atoms in total. The third-order valence-corrected chi connectivity index (χ3v) is 5.51. The topological polar surface area (TPSA) is 88.0 Å². The monoisotopic (exact) mass is 375 g/mol. The second-order valence-corrected chi connectivity index (χ2v) is 7.21. The van der Waals surface area contributed by atoms with Gasteiger partial charge in [0.25, 0.3) is 0 Å². The molecule has 0 atom stereocenters. The molecule has 7 heteroatoms. The number of piperazine rings is 1. The van der Waals surface area contributed by atoms with Crippen molar-refractivity contribution < 1.29 is 4.79 Å². The maximum Gasteiger partial charge on any atom is 0.323 e. The Balaban J connectivity index is 1.25. The lowest BCUT2D eigenvalue weighted by atomic mass is 10.1. The summed E-state index contributed by atoms with van der Waals surface area (Å²) in [6.45, 7) is 2.95. The molecule has 3 N–H and O–H groups in total. The Kier molecular flexibility index (Phi) is 3.93. The van der Waals surface area contributed by atoms with Crippen LogP contribution < -0.4 is 10.6 Å². The Bertz CT molecular complexity index is 1210. The van der Waals surface area contributed by atoms with E-state index in [4.69, 9.17) is 0 Å². The van der Waals surface area contributed by atoms with Crippen LogP contribution in [0.1, 0.15) is 5.56 Å². The predicted octanol–water partition coefficient (Wildman–Crippen LogP) is 2.23. The zero-order valence-corrected chi connectivity index (χ0v) is 15.4. The number of H-pyrrole nitrogens is 3. The highest BCUT2D eigenvalue weighted by Gasteiger charge is 2.22. The lowest BCUT2D eigenvalue weighted by Crippen LogP contribution is -2.49. The third kappa shape index (κ3) is 2.94. The van der Waals surface area contributed by atoms with Crippen LogP contribution in [-0.2, 0) is 11.2 Å².